The molecule has 7 nitrogen and oxygen atoms in total. The van der Waals surface area contributed by atoms with Gasteiger partial charge in [0.05, 0.1) is 19.9 Å². The third kappa shape index (κ3) is 6.19. The van der Waals surface area contributed by atoms with Crippen molar-refractivity contribution in [3.05, 3.63) is 53.4 Å². The van der Waals surface area contributed by atoms with Gasteiger partial charge in [-0.15, -0.1) is 11.3 Å². The normalized spacial score (nSPS) is 14.0. The highest BCUT2D eigenvalue weighted by molar-refractivity contribution is 7.99. The summed E-state index contributed by atoms with van der Waals surface area (Å²) in [6, 6.07) is 12.9. The van der Waals surface area contributed by atoms with Crippen molar-refractivity contribution in [1.82, 2.24) is 9.88 Å². The van der Waals surface area contributed by atoms with Gasteiger partial charge in [0.25, 0.3) is 5.91 Å². The number of thioether (sulfide) groups is 1. The first-order valence-electron chi connectivity index (χ1n) is 10.7. The number of amides is 1. The molecule has 1 amide bonds. The predicted molar refractivity (Wildman–Crippen MR) is 134 cm³/mol. The Hall–Kier alpha value is -2.75. The highest BCUT2D eigenvalue weighted by atomic mass is 32.2. The molecular formula is C24H27N3O4S2. The van der Waals surface area contributed by atoms with Crippen LogP contribution in [0.25, 0.3) is 11.3 Å². The number of methoxy groups -OCH3 is 2. The maximum absolute atomic E-state index is 12.8. The minimum Gasteiger partial charge on any atom is -0.497 e. The van der Waals surface area contributed by atoms with Gasteiger partial charge in [0.2, 0.25) is 0 Å². The maximum Gasteiger partial charge on any atom is 0.257 e. The molecule has 0 bridgehead atoms. The summed E-state index contributed by atoms with van der Waals surface area (Å²) in [7, 11) is 3.21. The van der Waals surface area contributed by atoms with Gasteiger partial charge in [-0.3, -0.25) is 15.0 Å². The van der Waals surface area contributed by atoms with Gasteiger partial charge >= 0.3 is 0 Å². The van der Waals surface area contributed by atoms with Crippen molar-refractivity contribution in [2.75, 3.05) is 57.3 Å². The zero-order valence-corrected chi connectivity index (χ0v) is 20.3. The SMILES string of the molecule is COc1ccc(-c2csc(NC(=O)c3ccc(OCCN4CCSCC4)c(OC)c3)n2)cc1. The monoisotopic (exact) mass is 485 g/mol. The van der Waals surface area contributed by atoms with E-state index in [0.29, 0.717) is 28.8 Å². The van der Waals surface area contributed by atoms with E-state index < -0.39 is 0 Å². The number of hydrogen-bond donors (Lipinski definition) is 1. The molecule has 3 aromatic rings. The smallest absolute Gasteiger partial charge is 0.257 e. The summed E-state index contributed by atoms with van der Waals surface area (Å²) in [5.41, 5.74) is 2.24. The lowest BCUT2D eigenvalue weighted by Gasteiger charge is -2.26. The van der Waals surface area contributed by atoms with E-state index in [-0.39, 0.29) is 5.91 Å². The lowest BCUT2D eigenvalue weighted by atomic mass is 10.2. The molecule has 0 unspecified atom stereocenters. The van der Waals surface area contributed by atoms with E-state index in [2.05, 4.69) is 15.2 Å². The molecule has 2 aromatic carbocycles. The summed E-state index contributed by atoms with van der Waals surface area (Å²) in [6.45, 7) is 3.66. The van der Waals surface area contributed by atoms with E-state index in [0.717, 1.165) is 36.6 Å². The molecule has 4 rings (SSSR count). The van der Waals surface area contributed by atoms with Gasteiger partial charge in [-0.25, -0.2) is 4.98 Å². The number of rotatable bonds is 9. The first-order valence-corrected chi connectivity index (χ1v) is 12.7. The summed E-state index contributed by atoms with van der Waals surface area (Å²) in [6.07, 6.45) is 0. The molecule has 33 heavy (non-hydrogen) atoms. The molecule has 1 saturated heterocycles. The Morgan fingerprint density at radius 2 is 1.85 bits per heavy atom. The highest BCUT2D eigenvalue weighted by Crippen LogP contribution is 2.30. The maximum atomic E-state index is 12.8. The predicted octanol–water partition coefficient (Wildman–Crippen LogP) is 4.51. The Bertz CT molecular complexity index is 1070. The molecule has 2 heterocycles. The van der Waals surface area contributed by atoms with Crippen LogP contribution in [0.15, 0.2) is 47.8 Å². The fourth-order valence-corrected chi connectivity index (χ4v) is 5.13. The Morgan fingerprint density at radius 1 is 1.06 bits per heavy atom. The number of anilines is 1. The standard InChI is InChI=1S/C24H27N3O4S2/c1-29-19-6-3-17(4-7-19)20-16-33-24(25-20)26-23(28)18-5-8-21(22(15-18)30-2)31-12-9-27-10-13-32-14-11-27/h3-8,15-16H,9-14H2,1-2H3,(H,25,26,28). The van der Waals surface area contributed by atoms with Crippen LogP contribution in [0.4, 0.5) is 5.13 Å². The number of carbonyl (C=O) groups excluding carboxylic acids is 1. The van der Waals surface area contributed by atoms with Crippen molar-refractivity contribution in [2.45, 2.75) is 0 Å². The van der Waals surface area contributed by atoms with Crippen LogP contribution in [0.5, 0.6) is 17.2 Å². The molecule has 0 aliphatic carbocycles. The van der Waals surface area contributed by atoms with Crippen LogP contribution in [-0.2, 0) is 0 Å². The second kappa shape index (κ2) is 11.4. The number of nitrogens with one attached hydrogen (secondary N) is 1. The van der Waals surface area contributed by atoms with Gasteiger partial charge in [0, 0.05) is 47.6 Å². The molecule has 0 atom stereocenters. The molecule has 174 valence electrons. The van der Waals surface area contributed by atoms with Crippen LogP contribution in [0.3, 0.4) is 0 Å². The van der Waals surface area contributed by atoms with Gasteiger partial charge in [-0.2, -0.15) is 11.8 Å². The zero-order valence-electron chi connectivity index (χ0n) is 18.7. The summed E-state index contributed by atoms with van der Waals surface area (Å²) in [5.74, 6) is 4.06. The fraction of sp³-hybridized carbons (Fsp3) is 0.333. The van der Waals surface area contributed by atoms with Crippen molar-refractivity contribution in [1.29, 1.82) is 0 Å². The molecule has 9 heteroatoms. The molecule has 1 aliphatic heterocycles. The van der Waals surface area contributed by atoms with Gasteiger partial charge < -0.3 is 14.2 Å². The average molecular weight is 486 g/mol. The van der Waals surface area contributed by atoms with E-state index >= 15 is 0 Å². The van der Waals surface area contributed by atoms with Crippen LogP contribution in [0, 0.1) is 0 Å². The fourth-order valence-electron chi connectivity index (χ4n) is 3.43. The first kappa shape index (κ1) is 23.4. The summed E-state index contributed by atoms with van der Waals surface area (Å²) in [4.78, 5) is 19.7. The Morgan fingerprint density at radius 3 is 2.58 bits per heavy atom. The van der Waals surface area contributed by atoms with Crippen molar-refractivity contribution in [2.24, 2.45) is 0 Å². The molecular weight excluding hydrogens is 458 g/mol. The quantitative estimate of drug-likeness (QED) is 0.478. The molecule has 1 aliphatic rings. The molecule has 0 radical (unpaired) electrons. The molecule has 1 N–H and O–H groups in total. The van der Waals surface area contributed by atoms with Crippen molar-refractivity contribution >= 4 is 34.1 Å². The second-order valence-electron chi connectivity index (χ2n) is 7.39. The average Bonchev–Trinajstić information content (AvgIpc) is 3.33. The summed E-state index contributed by atoms with van der Waals surface area (Å²) < 4.78 is 16.6. The van der Waals surface area contributed by atoms with E-state index in [9.17, 15) is 4.79 Å². The topological polar surface area (TPSA) is 72.9 Å². The Balaban J connectivity index is 1.36. The van der Waals surface area contributed by atoms with Crippen LogP contribution in [-0.4, -0.2) is 67.8 Å². The largest absolute Gasteiger partial charge is 0.497 e. The zero-order chi connectivity index (χ0) is 23.0. The van der Waals surface area contributed by atoms with Crippen LogP contribution in [0.1, 0.15) is 10.4 Å². The van der Waals surface area contributed by atoms with Crippen molar-refractivity contribution < 1.29 is 19.0 Å². The highest BCUT2D eigenvalue weighted by Gasteiger charge is 2.15. The lowest BCUT2D eigenvalue weighted by molar-refractivity contribution is 0.102. The van der Waals surface area contributed by atoms with Crippen molar-refractivity contribution in [3.8, 4) is 28.5 Å². The molecule has 0 saturated carbocycles. The number of carbonyl (C=O) groups is 1. The van der Waals surface area contributed by atoms with Crippen LogP contribution < -0.4 is 19.5 Å². The first-order chi connectivity index (χ1) is 16.2. The lowest BCUT2D eigenvalue weighted by Crippen LogP contribution is -2.35. The summed E-state index contributed by atoms with van der Waals surface area (Å²) in [5, 5.41) is 5.31. The number of hydrogen-bond acceptors (Lipinski definition) is 8. The Labute approximate surface area is 202 Å². The van der Waals surface area contributed by atoms with Gasteiger partial charge in [0.1, 0.15) is 12.4 Å². The molecule has 1 aromatic heterocycles. The van der Waals surface area contributed by atoms with Gasteiger partial charge in [-0.05, 0) is 42.5 Å². The number of thiazole rings is 1. The summed E-state index contributed by atoms with van der Waals surface area (Å²) >= 11 is 3.37. The third-order valence-electron chi connectivity index (χ3n) is 5.31. The number of nitrogens with zero attached hydrogens (tertiary/aromatic N) is 2. The number of aromatic nitrogens is 1. The van der Waals surface area contributed by atoms with E-state index in [4.69, 9.17) is 14.2 Å². The second-order valence-corrected chi connectivity index (χ2v) is 9.47. The van der Waals surface area contributed by atoms with E-state index in [1.165, 1.54) is 22.8 Å². The van der Waals surface area contributed by atoms with Crippen LogP contribution >= 0.6 is 23.1 Å². The minimum absolute atomic E-state index is 0.249. The number of ether oxygens (including phenoxy) is 3. The number of benzene rings is 2. The van der Waals surface area contributed by atoms with E-state index in [1.54, 1.807) is 32.4 Å². The third-order valence-corrected chi connectivity index (χ3v) is 7.01. The van der Waals surface area contributed by atoms with Crippen LogP contribution in [0.2, 0.25) is 0 Å². The van der Waals surface area contributed by atoms with Crippen molar-refractivity contribution in [3.63, 3.8) is 0 Å². The van der Waals surface area contributed by atoms with E-state index in [1.807, 2.05) is 41.4 Å². The van der Waals surface area contributed by atoms with Gasteiger partial charge in [-0.1, -0.05) is 0 Å². The molecule has 1 fully saturated rings. The van der Waals surface area contributed by atoms with Gasteiger partial charge in [0.15, 0.2) is 16.6 Å². The molecule has 0 spiro atoms. The minimum atomic E-state index is -0.249. The Kier molecular flexibility index (Phi) is 8.09.